The SMILES string of the molecule is O=C(O)C(F)(F)C(F)(F)C(F)(F)C(F)(F)C(F)(F)C(F)(F)C(F)(F)C(F)(F)F.O=S(=O)([O-])[O-].[Na+].[Na+]. The van der Waals surface area contributed by atoms with E-state index in [4.69, 9.17) is 22.6 Å². The van der Waals surface area contributed by atoms with E-state index in [2.05, 4.69) is 0 Å². The predicted octanol–water partition coefficient (Wildman–Crippen LogP) is -2.25. The summed E-state index contributed by atoms with van der Waals surface area (Å²) in [7, 11) is -5.17. The van der Waals surface area contributed by atoms with E-state index in [9.17, 15) is 79.4 Å². The number of aliphatic carboxylic acids is 1. The molecule has 0 fully saturated rings. The van der Waals surface area contributed by atoms with E-state index in [1.807, 2.05) is 0 Å². The Balaban J connectivity index is -0.000000619. The molecule has 0 aromatic carbocycles. The number of hydrogen-bond donors (Lipinski definition) is 1. The summed E-state index contributed by atoms with van der Waals surface area (Å²) >= 11 is 0. The van der Waals surface area contributed by atoms with Crippen molar-refractivity contribution in [2.45, 2.75) is 47.6 Å². The van der Waals surface area contributed by atoms with E-state index in [0.29, 0.717) is 0 Å². The first-order valence-electron chi connectivity index (χ1n) is 6.31. The second-order valence-corrected chi connectivity index (χ2v) is 6.05. The number of hydrogen-bond acceptors (Lipinski definition) is 5. The Hall–Kier alpha value is 0.150. The van der Waals surface area contributed by atoms with Gasteiger partial charge in [-0.3, -0.25) is 8.42 Å². The first-order chi connectivity index (χ1) is 13.7. The smallest absolute Gasteiger partial charge is 0.759 e. The summed E-state index contributed by atoms with van der Waals surface area (Å²) < 4.78 is 248. The van der Waals surface area contributed by atoms with E-state index in [0.717, 1.165) is 0 Å². The monoisotopic (exact) mass is 606 g/mol. The van der Waals surface area contributed by atoms with Crippen LogP contribution in [0.25, 0.3) is 0 Å². The summed E-state index contributed by atoms with van der Waals surface area (Å²) in [6.07, 6.45) is -7.83. The molecule has 0 rings (SSSR count). The van der Waals surface area contributed by atoms with Crippen LogP contribution in [-0.2, 0) is 15.2 Å². The molecular weight excluding hydrogens is 605 g/mol. The van der Waals surface area contributed by atoms with Crippen molar-refractivity contribution >= 4 is 16.4 Å². The molecule has 0 amide bonds. The van der Waals surface area contributed by atoms with Gasteiger partial charge < -0.3 is 14.2 Å². The van der Waals surface area contributed by atoms with Gasteiger partial charge in [-0.25, -0.2) is 4.79 Å². The van der Waals surface area contributed by atoms with E-state index in [1.165, 1.54) is 0 Å². The quantitative estimate of drug-likeness (QED) is 0.152. The van der Waals surface area contributed by atoms with Crippen molar-refractivity contribution in [2.24, 2.45) is 0 Å². The minimum atomic E-state index is -8.76. The van der Waals surface area contributed by atoms with Gasteiger partial charge in [-0.2, -0.15) is 74.6 Å². The van der Waals surface area contributed by atoms with Crippen LogP contribution in [0, 0.1) is 0 Å². The van der Waals surface area contributed by atoms with Crippen molar-refractivity contribution in [3.63, 3.8) is 0 Å². The van der Waals surface area contributed by atoms with Crippen molar-refractivity contribution in [3.05, 3.63) is 0 Å². The van der Waals surface area contributed by atoms with Crippen molar-refractivity contribution in [3.8, 4) is 0 Å². The molecule has 0 aliphatic heterocycles. The molecule has 0 aliphatic rings. The molecule has 0 unspecified atom stereocenters. The second kappa shape index (κ2) is 11.5. The van der Waals surface area contributed by atoms with Gasteiger partial charge in [0.2, 0.25) is 0 Å². The van der Waals surface area contributed by atoms with Gasteiger partial charge in [0.05, 0.1) is 0 Å². The van der Waals surface area contributed by atoms with Crippen molar-refractivity contribution in [2.75, 3.05) is 0 Å². The standard InChI is InChI=1S/C9HF17O2.2Na.H2O4S/c10-2(11,1(27)28)3(12,13)4(14,15)5(16,17)6(18,19)7(20,21)8(22,23)9(24,25)26;;;1-5(2,3)4/h(H,27,28);;;(H2,1,2,3,4)/q;2*+1;/p-2. The van der Waals surface area contributed by atoms with Gasteiger partial charge in [-0.05, 0) is 0 Å². The van der Waals surface area contributed by atoms with Crippen molar-refractivity contribution in [1.29, 1.82) is 0 Å². The number of carbonyl (C=O) groups is 1. The average Bonchev–Trinajstić information content (AvgIpc) is 2.50. The Morgan fingerprint density at radius 1 is 0.514 bits per heavy atom. The molecule has 0 bridgehead atoms. The zero-order chi connectivity index (χ0) is 28.1. The number of carboxylic acid groups (broad SMARTS) is 1. The molecule has 26 heteroatoms. The third kappa shape index (κ3) is 7.38. The topological polar surface area (TPSA) is 118 Å². The van der Waals surface area contributed by atoms with Gasteiger partial charge in [-0.1, -0.05) is 0 Å². The zero-order valence-electron chi connectivity index (χ0n) is 15.8. The van der Waals surface area contributed by atoms with Gasteiger partial charge in [0.15, 0.2) is 0 Å². The Kier molecular flexibility index (Phi) is 13.9. The van der Waals surface area contributed by atoms with Crippen LogP contribution in [-0.4, -0.2) is 76.2 Å². The fourth-order valence-electron chi connectivity index (χ4n) is 1.30. The average molecular weight is 606 g/mol. The molecule has 6 nitrogen and oxygen atoms in total. The van der Waals surface area contributed by atoms with E-state index < -0.39 is 64.0 Å². The summed E-state index contributed by atoms with van der Waals surface area (Å²) in [5.74, 6) is -62.9. The van der Waals surface area contributed by atoms with Crippen LogP contribution in [0.4, 0.5) is 74.6 Å². The molecule has 35 heavy (non-hydrogen) atoms. The van der Waals surface area contributed by atoms with E-state index in [-0.39, 0.29) is 59.1 Å². The molecule has 1 N–H and O–H groups in total. The van der Waals surface area contributed by atoms with Crippen LogP contribution >= 0.6 is 0 Å². The summed E-state index contributed by atoms with van der Waals surface area (Å²) in [4.78, 5) is 9.77. The Bertz CT molecular complexity index is 831. The van der Waals surface area contributed by atoms with Crippen LogP contribution < -0.4 is 59.1 Å². The predicted molar refractivity (Wildman–Crippen MR) is 58.8 cm³/mol. The molecule has 0 heterocycles. The molecule has 0 atom stereocenters. The molecule has 200 valence electrons. The first kappa shape index (κ1) is 42.2. The van der Waals surface area contributed by atoms with Crippen LogP contribution in [0.5, 0.6) is 0 Å². The van der Waals surface area contributed by atoms with E-state index >= 15 is 0 Å². The molecule has 0 radical (unpaired) electrons. The number of halogens is 17. The van der Waals surface area contributed by atoms with Gasteiger partial charge in [0.1, 0.15) is 0 Å². The maximum atomic E-state index is 13.0. The van der Waals surface area contributed by atoms with Crippen LogP contribution in [0.15, 0.2) is 0 Å². The normalized spacial score (nSPS) is 14.7. The maximum Gasteiger partial charge on any atom is 1.00 e. The second-order valence-electron chi connectivity index (χ2n) is 5.23. The van der Waals surface area contributed by atoms with Gasteiger partial charge in [-0.15, -0.1) is 0 Å². The Morgan fingerprint density at radius 3 is 0.857 bits per heavy atom. The fraction of sp³-hybridized carbons (Fsp3) is 0.889. The summed E-state index contributed by atoms with van der Waals surface area (Å²) in [5, 5.41) is 7.59. The van der Waals surface area contributed by atoms with Gasteiger partial charge in [0, 0.05) is 10.4 Å². The minimum Gasteiger partial charge on any atom is -0.759 e. The third-order valence-corrected chi connectivity index (χ3v) is 2.99. The molecule has 0 aromatic rings. The first-order valence-corrected chi connectivity index (χ1v) is 7.64. The van der Waals surface area contributed by atoms with Crippen LogP contribution in [0.3, 0.4) is 0 Å². The summed E-state index contributed by atoms with van der Waals surface area (Å²) in [5.41, 5.74) is 0. The zero-order valence-corrected chi connectivity index (χ0v) is 20.6. The largest absolute Gasteiger partial charge is 1.00 e. The molecule has 0 aromatic heterocycles. The van der Waals surface area contributed by atoms with Crippen molar-refractivity contribution in [1.82, 2.24) is 0 Å². The number of rotatable bonds is 7. The van der Waals surface area contributed by atoms with Gasteiger partial charge >= 0.3 is 113 Å². The summed E-state index contributed by atoms with van der Waals surface area (Å²) in [6, 6.07) is 0. The molecular formula is C9HF17Na2O6S. The summed E-state index contributed by atoms with van der Waals surface area (Å²) in [6.45, 7) is 0. The van der Waals surface area contributed by atoms with Crippen LogP contribution in [0.2, 0.25) is 0 Å². The Labute approximate surface area is 224 Å². The van der Waals surface area contributed by atoms with Gasteiger partial charge in [0.25, 0.3) is 0 Å². The van der Waals surface area contributed by atoms with E-state index in [1.54, 1.807) is 0 Å². The van der Waals surface area contributed by atoms with Crippen molar-refractivity contribution < 1.29 is 161 Å². The molecule has 0 saturated carbocycles. The number of carboxylic acids is 1. The fourth-order valence-corrected chi connectivity index (χ4v) is 1.30. The minimum absolute atomic E-state index is 0. The maximum absolute atomic E-state index is 13.0. The molecule has 0 saturated heterocycles. The molecule has 0 aliphatic carbocycles. The Morgan fingerprint density at radius 2 is 0.686 bits per heavy atom. The number of alkyl halides is 17. The third-order valence-electron chi connectivity index (χ3n) is 2.99. The van der Waals surface area contributed by atoms with Crippen LogP contribution in [0.1, 0.15) is 0 Å². The molecule has 0 spiro atoms.